The van der Waals surface area contributed by atoms with Crippen molar-refractivity contribution in [2.24, 2.45) is 0 Å². The van der Waals surface area contributed by atoms with Gasteiger partial charge in [0, 0.05) is 36.2 Å². The SMILES string of the molecule is Cc1n[nH]c(C)c1CC(=O)N1CCC(=O)CC12CCC2. The second kappa shape index (κ2) is 4.72. The molecule has 0 unspecified atom stereocenters. The summed E-state index contributed by atoms with van der Waals surface area (Å²) in [6.45, 7) is 4.46. The number of H-pyrrole nitrogens is 1. The normalized spacial score (nSPS) is 21.1. The van der Waals surface area contributed by atoms with Gasteiger partial charge in [0.25, 0.3) is 0 Å². The fourth-order valence-electron chi connectivity index (χ4n) is 3.53. The third-order valence-electron chi connectivity index (χ3n) is 4.91. The number of aromatic amines is 1. The maximum atomic E-state index is 12.7. The Morgan fingerprint density at radius 2 is 2.15 bits per heavy atom. The lowest BCUT2D eigenvalue weighted by atomic mass is 9.69. The first kappa shape index (κ1) is 13.3. The molecule has 5 nitrogen and oxygen atoms in total. The van der Waals surface area contributed by atoms with Crippen LogP contribution < -0.4 is 0 Å². The van der Waals surface area contributed by atoms with Crippen LogP contribution in [-0.4, -0.2) is 38.9 Å². The molecule has 3 rings (SSSR count). The molecule has 0 atom stereocenters. The van der Waals surface area contributed by atoms with Gasteiger partial charge in [-0.25, -0.2) is 0 Å². The highest BCUT2D eigenvalue weighted by atomic mass is 16.2. The van der Waals surface area contributed by atoms with E-state index in [1.54, 1.807) is 0 Å². The van der Waals surface area contributed by atoms with Gasteiger partial charge < -0.3 is 4.90 Å². The second-order valence-corrected chi connectivity index (χ2v) is 6.18. The van der Waals surface area contributed by atoms with Gasteiger partial charge in [-0.3, -0.25) is 14.7 Å². The minimum atomic E-state index is -0.155. The average molecular weight is 275 g/mol. The van der Waals surface area contributed by atoms with Crippen LogP contribution in [0.3, 0.4) is 0 Å². The Balaban J connectivity index is 1.78. The first-order chi connectivity index (χ1) is 9.52. The van der Waals surface area contributed by atoms with E-state index in [-0.39, 0.29) is 11.4 Å². The summed E-state index contributed by atoms with van der Waals surface area (Å²) in [7, 11) is 0. The van der Waals surface area contributed by atoms with Crippen molar-refractivity contribution in [3.05, 3.63) is 17.0 Å². The van der Waals surface area contributed by atoms with Crippen molar-refractivity contribution >= 4 is 11.7 Å². The average Bonchev–Trinajstić information content (AvgIpc) is 2.68. The smallest absolute Gasteiger partial charge is 0.227 e. The van der Waals surface area contributed by atoms with Crippen molar-refractivity contribution in [3.63, 3.8) is 0 Å². The molecule has 2 aliphatic rings. The molecule has 0 bridgehead atoms. The molecule has 1 saturated heterocycles. The Hall–Kier alpha value is -1.65. The molecule has 0 radical (unpaired) electrons. The van der Waals surface area contributed by atoms with E-state index in [1.807, 2.05) is 18.7 Å². The third kappa shape index (κ3) is 2.05. The summed E-state index contributed by atoms with van der Waals surface area (Å²) in [4.78, 5) is 26.3. The number of aryl methyl sites for hydroxylation is 2. The molecule has 108 valence electrons. The molecule has 1 amide bonds. The Morgan fingerprint density at radius 1 is 1.40 bits per heavy atom. The number of hydrogen-bond donors (Lipinski definition) is 1. The fraction of sp³-hybridized carbons (Fsp3) is 0.667. The summed E-state index contributed by atoms with van der Waals surface area (Å²) in [5, 5.41) is 7.07. The zero-order chi connectivity index (χ0) is 14.3. The summed E-state index contributed by atoms with van der Waals surface area (Å²) in [5.41, 5.74) is 2.71. The highest BCUT2D eigenvalue weighted by Crippen LogP contribution is 2.43. The van der Waals surface area contributed by atoms with Crippen LogP contribution in [-0.2, 0) is 16.0 Å². The summed E-state index contributed by atoms with van der Waals surface area (Å²) in [6.07, 6.45) is 4.55. The van der Waals surface area contributed by atoms with Crippen molar-refractivity contribution in [2.45, 2.75) is 57.9 Å². The molecule has 1 N–H and O–H groups in total. The molecule has 20 heavy (non-hydrogen) atoms. The second-order valence-electron chi connectivity index (χ2n) is 6.18. The van der Waals surface area contributed by atoms with Crippen LogP contribution in [0.5, 0.6) is 0 Å². The topological polar surface area (TPSA) is 66.1 Å². The first-order valence-corrected chi connectivity index (χ1v) is 7.34. The predicted molar refractivity (Wildman–Crippen MR) is 74.3 cm³/mol. The van der Waals surface area contributed by atoms with E-state index in [0.29, 0.717) is 31.6 Å². The minimum absolute atomic E-state index is 0.143. The van der Waals surface area contributed by atoms with Crippen LogP contribution >= 0.6 is 0 Å². The molecule has 1 aromatic rings. The fourth-order valence-corrected chi connectivity index (χ4v) is 3.53. The molecular weight excluding hydrogens is 254 g/mol. The molecule has 1 spiro atoms. The Bertz CT molecular complexity index is 538. The number of likely N-dealkylation sites (tertiary alicyclic amines) is 1. The van der Waals surface area contributed by atoms with Crippen LogP contribution in [0.15, 0.2) is 0 Å². The quantitative estimate of drug-likeness (QED) is 0.893. The largest absolute Gasteiger partial charge is 0.336 e. The molecule has 5 heteroatoms. The Morgan fingerprint density at radius 3 is 2.70 bits per heavy atom. The van der Waals surface area contributed by atoms with Gasteiger partial charge in [-0.2, -0.15) is 5.10 Å². The highest BCUT2D eigenvalue weighted by molar-refractivity contribution is 5.86. The van der Waals surface area contributed by atoms with Crippen molar-refractivity contribution in [1.82, 2.24) is 15.1 Å². The number of aromatic nitrogens is 2. The Kier molecular flexibility index (Phi) is 3.15. The van der Waals surface area contributed by atoms with E-state index in [1.165, 1.54) is 0 Å². The van der Waals surface area contributed by atoms with Crippen LogP contribution in [0.1, 0.15) is 49.1 Å². The van der Waals surface area contributed by atoms with E-state index >= 15 is 0 Å². The van der Waals surface area contributed by atoms with Gasteiger partial charge in [-0.05, 0) is 33.1 Å². The zero-order valence-corrected chi connectivity index (χ0v) is 12.2. The number of carbonyl (C=O) groups is 2. The molecular formula is C15H21N3O2. The van der Waals surface area contributed by atoms with Crippen molar-refractivity contribution in [1.29, 1.82) is 0 Å². The number of nitrogens with zero attached hydrogens (tertiary/aromatic N) is 2. The molecule has 2 fully saturated rings. The van der Waals surface area contributed by atoms with Gasteiger partial charge in [0.15, 0.2) is 0 Å². The molecule has 0 aromatic carbocycles. The lowest BCUT2D eigenvalue weighted by Crippen LogP contribution is -2.60. The van der Waals surface area contributed by atoms with Crippen LogP contribution in [0.2, 0.25) is 0 Å². The van der Waals surface area contributed by atoms with E-state index in [4.69, 9.17) is 0 Å². The maximum absolute atomic E-state index is 12.7. The number of amides is 1. The van der Waals surface area contributed by atoms with Gasteiger partial charge >= 0.3 is 0 Å². The monoisotopic (exact) mass is 275 g/mol. The minimum Gasteiger partial charge on any atom is -0.336 e. The van der Waals surface area contributed by atoms with Crippen molar-refractivity contribution < 1.29 is 9.59 Å². The number of rotatable bonds is 2. The summed E-state index contributed by atoms with van der Waals surface area (Å²) in [5.74, 6) is 0.453. The number of ketones is 1. The predicted octanol–water partition coefficient (Wildman–Crippen LogP) is 1.68. The number of Topliss-reactive ketones (excluding diaryl/α,β-unsaturated/α-hetero) is 1. The van der Waals surface area contributed by atoms with Gasteiger partial charge in [-0.1, -0.05) is 0 Å². The summed E-state index contributed by atoms with van der Waals surface area (Å²) >= 11 is 0. The highest BCUT2D eigenvalue weighted by Gasteiger charge is 2.48. The van der Waals surface area contributed by atoms with E-state index in [2.05, 4.69) is 10.2 Å². The molecule has 1 saturated carbocycles. The lowest BCUT2D eigenvalue weighted by molar-refractivity contribution is -0.148. The van der Waals surface area contributed by atoms with E-state index < -0.39 is 0 Å². The summed E-state index contributed by atoms with van der Waals surface area (Å²) in [6, 6.07) is 0. The summed E-state index contributed by atoms with van der Waals surface area (Å²) < 4.78 is 0. The van der Waals surface area contributed by atoms with Crippen molar-refractivity contribution in [2.75, 3.05) is 6.54 Å². The van der Waals surface area contributed by atoms with E-state index in [9.17, 15) is 9.59 Å². The number of nitrogens with one attached hydrogen (secondary N) is 1. The lowest BCUT2D eigenvalue weighted by Gasteiger charge is -2.52. The number of hydrogen-bond acceptors (Lipinski definition) is 3. The number of piperidine rings is 1. The first-order valence-electron chi connectivity index (χ1n) is 7.34. The van der Waals surface area contributed by atoms with Gasteiger partial charge in [-0.15, -0.1) is 0 Å². The number of carbonyl (C=O) groups excluding carboxylic acids is 2. The van der Waals surface area contributed by atoms with Crippen molar-refractivity contribution in [3.8, 4) is 0 Å². The molecule has 1 aliphatic heterocycles. The standard InChI is InChI=1S/C15H21N3O2/c1-10-13(11(2)17-16-10)8-14(20)18-7-4-12(19)9-15(18)5-3-6-15/h3-9H2,1-2H3,(H,16,17). The van der Waals surface area contributed by atoms with Crippen LogP contribution in [0, 0.1) is 13.8 Å². The van der Waals surface area contributed by atoms with Gasteiger partial charge in [0.1, 0.15) is 5.78 Å². The molecule has 1 aliphatic carbocycles. The Labute approximate surface area is 118 Å². The molecule has 1 aromatic heterocycles. The van der Waals surface area contributed by atoms with Crippen LogP contribution in [0.4, 0.5) is 0 Å². The maximum Gasteiger partial charge on any atom is 0.227 e. The third-order valence-corrected chi connectivity index (χ3v) is 4.91. The van der Waals surface area contributed by atoms with E-state index in [0.717, 1.165) is 36.2 Å². The van der Waals surface area contributed by atoms with Gasteiger partial charge in [0.05, 0.1) is 12.1 Å². The van der Waals surface area contributed by atoms with Gasteiger partial charge in [0.2, 0.25) is 5.91 Å². The van der Waals surface area contributed by atoms with Crippen LogP contribution in [0.25, 0.3) is 0 Å². The molecule has 2 heterocycles. The zero-order valence-electron chi connectivity index (χ0n) is 12.2.